The summed E-state index contributed by atoms with van der Waals surface area (Å²) in [4.78, 5) is 4.01. The number of fused-ring (bicyclic) bond motifs is 1. The van der Waals surface area contributed by atoms with E-state index in [4.69, 9.17) is 10.5 Å². The molecule has 0 aliphatic carbocycles. The average Bonchev–Trinajstić information content (AvgIpc) is 2.47. The monoisotopic (exact) mass is 178 g/mol. The van der Waals surface area contributed by atoms with Gasteiger partial charge in [0, 0.05) is 6.07 Å². The van der Waals surface area contributed by atoms with E-state index in [1.54, 1.807) is 4.52 Å². The van der Waals surface area contributed by atoms with Gasteiger partial charge >= 0.3 is 0 Å². The average molecular weight is 178 g/mol. The van der Waals surface area contributed by atoms with Gasteiger partial charge in [-0.05, 0) is 13.0 Å². The molecule has 0 saturated carbocycles. The molecule has 5 nitrogen and oxygen atoms in total. The molecular weight excluding hydrogens is 168 g/mol. The van der Waals surface area contributed by atoms with Crippen LogP contribution >= 0.6 is 0 Å². The van der Waals surface area contributed by atoms with Gasteiger partial charge in [0.15, 0.2) is 5.65 Å². The molecule has 0 spiro atoms. The molecule has 2 heterocycles. The van der Waals surface area contributed by atoms with Crippen LogP contribution in [0.1, 0.15) is 6.92 Å². The zero-order chi connectivity index (χ0) is 9.26. The Morgan fingerprint density at radius 1 is 1.54 bits per heavy atom. The van der Waals surface area contributed by atoms with E-state index in [0.29, 0.717) is 18.1 Å². The second-order valence-corrected chi connectivity index (χ2v) is 2.54. The van der Waals surface area contributed by atoms with Crippen molar-refractivity contribution in [1.82, 2.24) is 14.6 Å². The molecule has 2 N–H and O–H groups in total. The number of nitrogen functional groups attached to an aromatic ring is 1. The lowest BCUT2D eigenvalue weighted by molar-refractivity contribution is 0.318. The van der Waals surface area contributed by atoms with Gasteiger partial charge in [0.05, 0.1) is 6.61 Å². The van der Waals surface area contributed by atoms with Gasteiger partial charge in [0.25, 0.3) is 0 Å². The van der Waals surface area contributed by atoms with E-state index in [9.17, 15) is 0 Å². The van der Waals surface area contributed by atoms with Crippen LogP contribution in [0.4, 0.5) is 5.95 Å². The molecule has 2 aromatic rings. The van der Waals surface area contributed by atoms with Gasteiger partial charge < -0.3 is 10.5 Å². The van der Waals surface area contributed by atoms with Crippen LogP contribution in [0.5, 0.6) is 5.88 Å². The molecule has 2 rings (SSSR count). The van der Waals surface area contributed by atoms with E-state index < -0.39 is 0 Å². The molecule has 2 aromatic heterocycles. The van der Waals surface area contributed by atoms with Gasteiger partial charge in [-0.3, -0.25) is 0 Å². The summed E-state index contributed by atoms with van der Waals surface area (Å²) in [5, 5.41) is 3.99. The Morgan fingerprint density at radius 2 is 2.38 bits per heavy atom. The maximum absolute atomic E-state index is 5.46. The lowest BCUT2D eigenvalue weighted by Gasteiger charge is -2.02. The Balaban J connectivity index is 2.60. The van der Waals surface area contributed by atoms with Gasteiger partial charge in [-0.2, -0.15) is 9.50 Å². The molecule has 0 atom stereocenters. The second kappa shape index (κ2) is 2.93. The van der Waals surface area contributed by atoms with E-state index in [1.807, 2.05) is 25.1 Å². The number of aromatic nitrogens is 3. The summed E-state index contributed by atoms with van der Waals surface area (Å²) >= 11 is 0. The van der Waals surface area contributed by atoms with Crippen molar-refractivity contribution < 1.29 is 4.74 Å². The van der Waals surface area contributed by atoms with Crippen molar-refractivity contribution in [2.24, 2.45) is 0 Å². The van der Waals surface area contributed by atoms with Crippen LogP contribution in [-0.2, 0) is 0 Å². The number of nitrogens with two attached hydrogens (primary N) is 1. The van der Waals surface area contributed by atoms with Crippen LogP contribution in [0.3, 0.4) is 0 Å². The largest absolute Gasteiger partial charge is 0.478 e. The number of ether oxygens (including phenoxy) is 1. The lowest BCUT2D eigenvalue weighted by Crippen LogP contribution is -1.99. The quantitative estimate of drug-likeness (QED) is 0.735. The van der Waals surface area contributed by atoms with Crippen LogP contribution in [-0.4, -0.2) is 21.2 Å². The Kier molecular flexibility index (Phi) is 1.77. The fourth-order valence-electron chi connectivity index (χ4n) is 1.16. The Bertz CT molecular complexity index is 423. The summed E-state index contributed by atoms with van der Waals surface area (Å²) in [5.41, 5.74) is 6.15. The smallest absolute Gasteiger partial charge is 0.240 e. The number of hydrogen-bond acceptors (Lipinski definition) is 4. The normalized spacial score (nSPS) is 10.5. The van der Waals surface area contributed by atoms with Crippen molar-refractivity contribution in [2.45, 2.75) is 6.92 Å². The highest BCUT2D eigenvalue weighted by molar-refractivity contribution is 5.44. The maximum atomic E-state index is 5.46. The van der Waals surface area contributed by atoms with Crippen LogP contribution < -0.4 is 10.5 Å². The van der Waals surface area contributed by atoms with E-state index in [-0.39, 0.29) is 5.95 Å². The van der Waals surface area contributed by atoms with Crippen molar-refractivity contribution in [3.8, 4) is 5.88 Å². The highest BCUT2D eigenvalue weighted by Crippen LogP contribution is 2.13. The topological polar surface area (TPSA) is 65.4 Å². The van der Waals surface area contributed by atoms with Crippen molar-refractivity contribution >= 4 is 11.6 Å². The standard InChI is InChI=1S/C8H10N4O/c1-2-13-7-5-3-4-6-10-8(9)11-12(6)7/h3-5H,2H2,1H3,(H2,9,11). The molecule has 0 amide bonds. The number of hydrogen-bond donors (Lipinski definition) is 1. The van der Waals surface area contributed by atoms with Gasteiger partial charge in [-0.25, -0.2) is 0 Å². The first-order valence-electron chi connectivity index (χ1n) is 4.05. The second-order valence-electron chi connectivity index (χ2n) is 2.54. The molecule has 0 fully saturated rings. The minimum absolute atomic E-state index is 0.257. The Hall–Kier alpha value is -1.78. The third-order valence-corrected chi connectivity index (χ3v) is 1.63. The van der Waals surface area contributed by atoms with E-state index >= 15 is 0 Å². The Morgan fingerprint density at radius 3 is 3.15 bits per heavy atom. The van der Waals surface area contributed by atoms with Crippen molar-refractivity contribution in [1.29, 1.82) is 0 Å². The van der Waals surface area contributed by atoms with E-state index in [0.717, 1.165) is 0 Å². The molecule has 0 radical (unpaired) electrons. The summed E-state index contributed by atoms with van der Waals surface area (Å²) in [6, 6.07) is 5.50. The fraction of sp³-hybridized carbons (Fsp3) is 0.250. The summed E-state index contributed by atoms with van der Waals surface area (Å²) in [6.07, 6.45) is 0. The third kappa shape index (κ3) is 1.28. The molecular formula is C8H10N4O. The maximum Gasteiger partial charge on any atom is 0.240 e. The predicted molar refractivity (Wildman–Crippen MR) is 48.6 cm³/mol. The van der Waals surface area contributed by atoms with E-state index in [2.05, 4.69) is 10.1 Å². The highest BCUT2D eigenvalue weighted by atomic mass is 16.5. The van der Waals surface area contributed by atoms with Crippen LogP contribution in [0.2, 0.25) is 0 Å². The minimum Gasteiger partial charge on any atom is -0.478 e. The van der Waals surface area contributed by atoms with Gasteiger partial charge in [0.2, 0.25) is 11.8 Å². The molecule has 5 heteroatoms. The molecule has 0 unspecified atom stereocenters. The molecule has 13 heavy (non-hydrogen) atoms. The first kappa shape index (κ1) is 7.85. The summed E-state index contributed by atoms with van der Waals surface area (Å²) < 4.78 is 6.92. The van der Waals surface area contributed by atoms with E-state index in [1.165, 1.54) is 0 Å². The molecule has 0 saturated heterocycles. The summed E-state index contributed by atoms with van der Waals surface area (Å²) in [7, 11) is 0. The van der Waals surface area contributed by atoms with Crippen LogP contribution in [0.15, 0.2) is 18.2 Å². The number of nitrogens with zero attached hydrogens (tertiary/aromatic N) is 3. The van der Waals surface area contributed by atoms with Gasteiger partial charge in [0.1, 0.15) is 0 Å². The molecule has 0 bridgehead atoms. The van der Waals surface area contributed by atoms with Gasteiger partial charge in [-0.1, -0.05) is 6.07 Å². The van der Waals surface area contributed by atoms with Crippen LogP contribution in [0.25, 0.3) is 5.65 Å². The molecule has 0 aromatic carbocycles. The SMILES string of the molecule is CCOc1cccc2nc(N)nn12. The first-order valence-corrected chi connectivity index (χ1v) is 4.05. The highest BCUT2D eigenvalue weighted by Gasteiger charge is 2.03. The van der Waals surface area contributed by atoms with Crippen molar-refractivity contribution in [3.63, 3.8) is 0 Å². The lowest BCUT2D eigenvalue weighted by atomic mass is 10.5. The number of pyridine rings is 1. The summed E-state index contributed by atoms with van der Waals surface area (Å²) in [5.74, 6) is 0.913. The predicted octanol–water partition coefficient (Wildman–Crippen LogP) is 0.710. The summed E-state index contributed by atoms with van der Waals surface area (Å²) in [6.45, 7) is 2.51. The number of anilines is 1. The Labute approximate surface area is 75.1 Å². The molecule has 0 aliphatic rings. The van der Waals surface area contributed by atoms with Crippen molar-refractivity contribution in [2.75, 3.05) is 12.3 Å². The zero-order valence-corrected chi connectivity index (χ0v) is 7.27. The third-order valence-electron chi connectivity index (χ3n) is 1.63. The zero-order valence-electron chi connectivity index (χ0n) is 7.27. The van der Waals surface area contributed by atoms with Crippen molar-refractivity contribution in [3.05, 3.63) is 18.2 Å². The molecule has 0 aliphatic heterocycles. The number of rotatable bonds is 2. The van der Waals surface area contributed by atoms with Gasteiger partial charge in [-0.15, -0.1) is 5.10 Å². The first-order chi connectivity index (χ1) is 6.31. The fourth-order valence-corrected chi connectivity index (χ4v) is 1.16. The van der Waals surface area contributed by atoms with Crippen LogP contribution in [0, 0.1) is 0 Å². The molecule has 68 valence electrons. The minimum atomic E-state index is 0.257.